The molecule has 1 unspecified atom stereocenters. The molecule has 0 saturated carbocycles. The molecular formula is C12H21N. The summed E-state index contributed by atoms with van der Waals surface area (Å²) in [5, 5.41) is 0. The minimum absolute atomic E-state index is 0. The maximum Gasteiger partial charge on any atom is 0.0790 e. The van der Waals surface area contributed by atoms with Gasteiger partial charge in [-0.25, -0.2) is 0 Å². The number of hydrogen-bond acceptors (Lipinski definition) is 0. The maximum atomic E-state index is 4.01. The first-order valence-electron chi connectivity index (χ1n) is 4.10. The van der Waals surface area contributed by atoms with Gasteiger partial charge < -0.3 is 4.90 Å². The Morgan fingerprint density at radius 2 is 1.69 bits per heavy atom. The van der Waals surface area contributed by atoms with Gasteiger partial charge in [-0.05, 0) is 5.56 Å². The third-order valence-electron chi connectivity index (χ3n) is 2.31. The Morgan fingerprint density at radius 1 is 1.08 bits per heavy atom. The SMILES string of the molecule is C.C.[CH2-][NH+]1CCc2ccccc2C1. The summed E-state index contributed by atoms with van der Waals surface area (Å²) in [7, 11) is 4.01. The molecule has 1 aliphatic rings. The van der Waals surface area contributed by atoms with Gasteiger partial charge in [0.15, 0.2) is 0 Å². The number of rotatable bonds is 0. The number of fused-ring (bicyclic) bond motifs is 1. The average molecular weight is 179 g/mol. The second-order valence-electron chi connectivity index (χ2n) is 3.20. The van der Waals surface area contributed by atoms with Crippen molar-refractivity contribution in [3.8, 4) is 0 Å². The van der Waals surface area contributed by atoms with E-state index in [-0.39, 0.29) is 14.9 Å². The van der Waals surface area contributed by atoms with Crippen molar-refractivity contribution in [2.75, 3.05) is 6.54 Å². The van der Waals surface area contributed by atoms with Crippen LogP contribution >= 0.6 is 0 Å². The smallest absolute Gasteiger partial charge is 0.0790 e. The van der Waals surface area contributed by atoms with Crippen LogP contribution in [0.2, 0.25) is 0 Å². The summed E-state index contributed by atoms with van der Waals surface area (Å²) >= 11 is 0. The first-order chi connectivity index (χ1) is 5.36. The monoisotopic (exact) mass is 179 g/mol. The largest absolute Gasteiger partial charge is 0.464 e. The van der Waals surface area contributed by atoms with E-state index in [1.165, 1.54) is 29.0 Å². The molecule has 1 heterocycles. The van der Waals surface area contributed by atoms with Crippen LogP contribution in [0.3, 0.4) is 0 Å². The Labute approximate surface area is 82.4 Å². The van der Waals surface area contributed by atoms with Gasteiger partial charge in [0.05, 0.1) is 13.1 Å². The van der Waals surface area contributed by atoms with Crippen LogP contribution in [-0.2, 0) is 13.0 Å². The number of benzene rings is 1. The minimum Gasteiger partial charge on any atom is -0.464 e. The molecule has 1 N–H and O–H groups in total. The van der Waals surface area contributed by atoms with Crippen molar-refractivity contribution in [2.24, 2.45) is 0 Å². The molecule has 74 valence electrons. The highest BCUT2D eigenvalue weighted by Gasteiger charge is 2.10. The van der Waals surface area contributed by atoms with Crippen molar-refractivity contribution in [1.82, 2.24) is 0 Å². The first-order valence-corrected chi connectivity index (χ1v) is 4.10. The van der Waals surface area contributed by atoms with Gasteiger partial charge in [-0.3, -0.25) is 0 Å². The zero-order valence-corrected chi connectivity index (χ0v) is 6.64. The van der Waals surface area contributed by atoms with Crippen LogP contribution < -0.4 is 4.90 Å². The molecular weight excluding hydrogens is 158 g/mol. The summed E-state index contributed by atoms with van der Waals surface area (Å²) < 4.78 is 0. The summed E-state index contributed by atoms with van der Waals surface area (Å²) in [6.07, 6.45) is 1.19. The van der Waals surface area contributed by atoms with Crippen LogP contribution in [-0.4, -0.2) is 6.54 Å². The lowest BCUT2D eigenvalue weighted by molar-refractivity contribution is -0.870. The van der Waals surface area contributed by atoms with Gasteiger partial charge in [0.25, 0.3) is 0 Å². The normalized spacial score (nSPS) is 19.3. The van der Waals surface area contributed by atoms with E-state index in [0.717, 1.165) is 6.54 Å². The fraction of sp³-hybridized carbons (Fsp3) is 0.417. The molecule has 2 rings (SSSR count). The average Bonchev–Trinajstić information content (AvgIpc) is 2.04. The van der Waals surface area contributed by atoms with E-state index < -0.39 is 0 Å². The zero-order chi connectivity index (χ0) is 7.68. The second-order valence-corrected chi connectivity index (χ2v) is 3.20. The van der Waals surface area contributed by atoms with Gasteiger partial charge in [0.2, 0.25) is 0 Å². The molecule has 0 saturated heterocycles. The molecule has 0 aliphatic carbocycles. The molecule has 1 aromatic carbocycles. The lowest BCUT2D eigenvalue weighted by Gasteiger charge is -2.27. The van der Waals surface area contributed by atoms with Crippen LogP contribution in [0.25, 0.3) is 0 Å². The Bertz CT molecular complexity index is 255. The van der Waals surface area contributed by atoms with Crippen LogP contribution in [0, 0.1) is 7.05 Å². The van der Waals surface area contributed by atoms with Crippen molar-refractivity contribution in [3.63, 3.8) is 0 Å². The molecule has 1 aliphatic heterocycles. The lowest BCUT2D eigenvalue weighted by Crippen LogP contribution is -3.06. The van der Waals surface area contributed by atoms with Crippen LogP contribution in [0.1, 0.15) is 26.0 Å². The molecule has 1 aromatic rings. The quantitative estimate of drug-likeness (QED) is 0.578. The molecule has 1 nitrogen and oxygen atoms in total. The Balaban J connectivity index is 0.000000720. The molecule has 0 spiro atoms. The first kappa shape index (κ1) is 12.2. The van der Waals surface area contributed by atoms with Gasteiger partial charge in [0.1, 0.15) is 0 Å². The molecule has 0 aromatic heterocycles. The van der Waals surface area contributed by atoms with Crippen LogP contribution in [0.5, 0.6) is 0 Å². The fourth-order valence-electron chi connectivity index (χ4n) is 1.64. The molecule has 0 radical (unpaired) electrons. The number of nitrogens with one attached hydrogen (secondary N) is 1. The summed E-state index contributed by atoms with van der Waals surface area (Å²) in [6.45, 7) is 2.27. The standard InChI is InChI=1S/C10H13N.2CH4/c1-11-7-6-9-4-2-3-5-10(9)8-11;;/h2-5,11H,1,6-8H2;2*1H4. The van der Waals surface area contributed by atoms with Gasteiger partial charge in [0, 0.05) is 12.0 Å². The van der Waals surface area contributed by atoms with Crippen LogP contribution in [0.4, 0.5) is 0 Å². The van der Waals surface area contributed by atoms with Crippen molar-refractivity contribution in [3.05, 3.63) is 42.4 Å². The van der Waals surface area contributed by atoms with Crippen molar-refractivity contribution in [1.29, 1.82) is 0 Å². The van der Waals surface area contributed by atoms with E-state index in [4.69, 9.17) is 0 Å². The van der Waals surface area contributed by atoms with E-state index in [9.17, 15) is 0 Å². The van der Waals surface area contributed by atoms with Gasteiger partial charge >= 0.3 is 0 Å². The minimum atomic E-state index is 0. The third-order valence-corrected chi connectivity index (χ3v) is 2.31. The predicted octanol–water partition coefficient (Wildman–Crippen LogP) is 1.69. The maximum absolute atomic E-state index is 4.01. The van der Waals surface area contributed by atoms with Crippen molar-refractivity contribution in [2.45, 2.75) is 27.8 Å². The Kier molecular flexibility index (Phi) is 4.71. The molecule has 0 bridgehead atoms. The van der Waals surface area contributed by atoms with Crippen molar-refractivity contribution < 1.29 is 4.90 Å². The molecule has 13 heavy (non-hydrogen) atoms. The number of hydrogen-bond donors (Lipinski definition) is 1. The van der Waals surface area contributed by atoms with Gasteiger partial charge in [-0.15, -0.1) is 0 Å². The highest BCUT2D eigenvalue weighted by Crippen LogP contribution is 2.09. The van der Waals surface area contributed by atoms with Gasteiger partial charge in [-0.1, -0.05) is 39.1 Å². The number of quaternary nitrogens is 1. The zero-order valence-electron chi connectivity index (χ0n) is 6.64. The third kappa shape index (κ3) is 2.56. The Hall–Kier alpha value is -0.820. The summed E-state index contributed by atoms with van der Waals surface area (Å²) in [5.74, 6) is 0. The summed E-state index contributed by atoms with van der Waals surface area (Å²) in [6, 6.07) is 8.66. The van der Waals surface area contributed by atoms with E-state index in [0.29, 0.717) is 0 Å². The van der Waals surface area contributed by atoms with Gasteiger partial charge in [-0.2, -0.15) is 7.05 Å². The predicted molar refractivity (Wildman–Crippen MR) is 58.5 cm³/mol. The highest BCUT2D eigenvalue weighted by atomic mass is 15.1. The van der Waals surface area contributed by atoms with Crippen LogP contribution in [0.15, 0.2) is 24.3 Å². The molecule has 1 atom stereocenters. The second kappa shape index (κ2) is 5.03. The Morgan fingerprint density at radius 3 is 2.38 bits per heavy atom. The van der Waals surface area contributed by atoms with E-state index in [2.05, 4.69) is 31.3 Å². The summed E-state index contributed by atoms with van der Waals surface area (Å²) in [4.78, 5) is 1.38. The lowest BCUT2D eigenvalue weighted by atomic mass is 10.0. The van der Waals surface area contributed by atoms with E-state index in [1.54, 1.807) is 0 Å². The van der Waals surface area contributed by atoms with Crippen molar-refractivity contribution >= 4 is 0 Å². The molecule has 0 fully saturated rings. The van der Waals surface area contributed by atoms with E-state index in [1.807, 2.05) is 0 Å². The molecule has 0 amide bonds. The van der Waals surface area contributed by atoms with E-state index >= 15 is 0 Å². The highest BCUT2D eigenvalue weighted by molar-refractivity contribution is 5.27. The fourth-order valence-corrected chi connectivity index (χ4v) is 1.64. The topological polar surface area (TPSA) is 4.44 Å². The molecule has 1 heteroatoms. The summed E-state index contributed by atoms with van der Waals surface area (Å²) in [5.41, 5.74) is 2.99.